The van der Waals surface area contributed by atoms with Crippen molar-refractivity contribution >= 4 is 11.6 Å². The molecule has 0 radical (unpaired) electrons. The molecule has 2 aliphatic rings. The van der Waals surface area contributed by atoms with Crippen LogP contribution in [0.4, 0.5) is 0 Å². The summed E-state index contributed by atoms with van der Waals surface area (Å²) in [4.78, 5) is 25.9. The SMILES string of the molecule is CC1(C)C=C(O)[C@H]([C@@H](C#Cc2ccccc2)C2=C(O)CC(C)(C)CC2=O)C(=O)C1. The molecule has 2 N–H and O–H groups in total. The normalized spacial score (nSPS) is 24.4. The maximum absolute atomic E-state index is 13.0. The van der Waals surface area contributed by atoms with E-state index in [1.54, 1.807) is 6.08 Å². The molecule has 3 rings (SSSR count). The van der Waals surface area contributed by atoms with Crippen molar-refractivity contribution in [3.8, 4) is 11.8 Å². The molecule has 2 aliphatic carbocycles. The first kappa shape index (κ1) is 20.9. The third kappa shape index (κ3) is 4.62. The lowest BCUT2D eigenvalue weighted by Gasteiger charge is -2.36. The van der Waals surface area contributed by atoms with E-state index in [0.717, 1.165) is 5.56 Å². The third-order valence-corrected chi connectivity index (χ3v) is 5.52. The van der Waals surface area contributed by atoms with E-state index >= 15 is 0 Å². The molecule has 0 fully saturated rings. The van der Waals surface area contributed by atoms with Crippen LogP contribution >= 0.6 is 0 Å². The van der Waals surface area contributed by atoms with Crippen LogP contribution in [-0.4, -0.2) is 21.8 Å². The predicted molar refractivity (Wildman–Crippen MR) is 112 cm³/mol. The molecule has 0 spiro atoms. The first-order valence-electron chi connectivity index (χ1n) is 9.95. The lowest BCUT2D eigenvalue weighted by Crippen LogP contribution is -2.38. The Kier molecular flexibility index (Phi) is 5.45. The second-order valence-electron chi connectivity index (χ2n) is 9.59. The van der Waals surface area contributed by atoms with Gasteiger partial charge in [0.25, 0.3) is 0 Å². The highest BCUT2D eigenvalue weighted by Gasteiger charge is 2.44. The van der Waals surface area contributed by atoms with Crippen molar-refractivity contribution < 1.29 is 19.8 Å². The van der Waals surface area contributed by atoms with Crippen molar-refractivity contribution in [1.82, 2.24) is 0 Å². The summed E-state index contributed by atoms with van der Waals surface area (Å²) in [5, 5.41) is 21.4. The highest BCUT2D eigenvalue weighted by Crippen LogP contribution is 2.43. The van der Waals surface area contributed by atoms with Gasteiger partial charge in [0.05, 0.1) is 11.8 Å². The summed E-state index contributed by atoms with van der Waals surface area (Å²) in [6.45, 7) is 7.61. The number of rotatable bonds is 2. The van der Waals surface area contributed by atoms with E-state index in [-0.39, 0.29) is 46.9 Å². The molecule has 4 heteroatoms. The maximum Gasteiger partial charge on any atom is 0.164 e. The van der Waals surface area contributed by atoms with E-state index in [1.807, 2.05) is 58.0 Å². The largest absolute Gasteiger partial charge is 0.512 e. The number of aliphatic hydroxyl groups is 2. The summed E-state index contributed by atoms with van der Waals surface area (Å²) >= 11 is 0. The summed E-state index contributed by atoms with van der Waals surface area (Å²) in [7, 11) is 0. The fraction of sp³-hybridized carbons (Fsp3) is 0.440. The number of Topliss-reactive ketones (excluding diaryl/α,β-unsaturated/α-hetero) is 2. The quantitative estimate of drug-likeness (QED) is 0.701. The number of hydrogen-bond donors (Lipinski definition) is 2. The van der Waals surface area contributed by atoms with Crippen LogP contribution in [0, 0.1) is 34.5 Å². The van der Waals surface area contributed by atoms with Crippen molar-refractivity contribution in [2.75, 3.05) is 0 Å². The molecule has 1 aromatic rings. The Morgan fingerprint density at radius 1 is 1.00 bits per heavy atom. The van der Waals surface area contributed by atoms with E-state index < -0.39 is 17.3 Å². The molecule has 152 valence electrons. The van der Waals surface area contributed by atoms with Crippen LogP contribution in [0.2, 0.25) is 0 Å². The van der Waals surface area contributed by atoms with Crippen LogP contribution < -0.4 is 0 Å². The number of allylic oxidation sites excluding steroid dienone is 4. The summed E-state index contributed by atoms with van der Waals surface area (Å²) in [6.07, 6.45) is 2.53. The second kappa shape index (κ2) is 7.55. The molecule has 0 unspecified atom stereocenters. The van der Waals surface area contributed by atoms with Gasteiger partial charge < -0.3 is 10.2 Å². The second-order valence-corrected chi connectivity index (χ2v) is 9.59. The van der Waals surface area contributed by atoms with Crippen molar-refractivity contribution in [2.45, 2.75) is 47.0 Å². The fourth-order valence-corrected chi connectivity index (χ4v) is 4.28. The van der Waals surface area contributed by atoms with Crippen molar-refractivity contribution in [3.05, 3.63) is 59.1 Å². The van der Waals surface area contributed by atoms with Gasteiger partial charge in [-0.1, -0.05) is 57.7 Å². The first-order valence-corrected chi connectivity index (χ1v) is 9.95. The number of ketones is 2. The Hall–Kier alpha value is -2.80. The average Bonchev–Trinajstić information content (AvgIpc) is 2.56. The van der Waals surface area contributed by atoms with Gasteiger partial charge in [-0.3, -0.25) is 9.59 Å². The van der Waals surface area contributed by atoms with E-state index in [4.69, 9.17) is 0 Å². The van der Waals surface area contributed by atoms with Gasteiger partial charge in [0.1, 0.15) is 17.3 Å². The number of carbonyl (C=O) groups excluding carboxylic acids is 2. The Morgan fingerprint density at radius 3 is 2.24 bits per heavy atom. The maximum atomic E-state index is 13.0. The lowest BCUT2D eigenvalue weighted by atomic mass is 9.67. The van der Waals surface area contributed by atoms with Crippen molar-refractivity contribution in [2.24, 2.45) is 22.7 Å². The van der Waals surface area contributed by atoms with E-state index in [1.165, 1.54) is 0 Å². The molecule has 1 aromatic carbocycles. The third-order valence-electron chi connectivity index (χ3n) is 5.52. The summed E-state index contributed by atoms with van der Waals surface area (Å²) in [5.41, 5.74) is 0.113. The van der Waals surface area contributed by atoms with Crippen LogP contribution in [0.15, 0.2) is 53.5 Å². The minimum atomic E-state index is -0.943. The Morgan fingerprint density at radius 2 is 1.66 bits per heavy atom. The van der Waals surface area contributed by atoms with Gasteiger partial charge in [-0.25, -0.2) is 0 Å². The summed E-state index contributed by atoms with van der Waals surface area (Å²) in [5.74, 6) is 3.77. The molecule has 4 nitrogen and oxygen atoms in total. The molecule has 29 heavy (non-hydrogen) atoms. The zero-order chi connectivity index (χ0) is 21.4. The van der Waals surface area contributed by atoms with Crippen LogP contribution in [0.25, 0.3) is 0 Å². The van der Waals surface area contributed by atoms with Gasteiger partial charge >= 0.3 is 0 Å². The number of carbonyl (C=O) groups is 2. The van der Waals surface area contributed by atoms with Gasteiger partial charge in [-0.05, 0) is 29.0 Å². The van der Waals surface area contributed by atoms with Gasteiger partial charge in [0.2, 0.25) is 0 Å². The molecule has 0 amide bonds. The van der Waals surface area contributed by atoms with Crippen LogP contribution in [0.3, 0.4) is 0 Å². The zero-order valence-corrected chi connectivity index (χ0v) is 17.5. The van der Waals surface area contributed by atoms with Gasteiger partial charge in [0, 0.05) is 30.4 Å². The van der Waals surface area contributed by atoms with Crippen molar-refractivity contribution in [3.63, 3.8) is 0 Å². The number of aliphatic hydroxyl groups excluding tert-OH is 2. The minimum absolute atomic E-state index is 0.0240. The molecule has 2 atom stereocenters. The molecule has 0 heterocycles. The summed E-state index contributed by atoms with van der Waals surface area (Å²) in [6, 6.07) is 9.27. The minimum Gasteiger partial charge on any atom is -0.512 e. The van der Waals surface area contributed by atoms with Crippen LogP contribution in [0.5, 0.6) is 0 Å². The topological polar surface area (TPSA) is 74.6 Å². The van der Waals surface area contributed by atoms with Gasteiger partial charge in [-0.15, -0.1) is 0 Å². The smallest absolute Gasteiger partial charge is 0.164 e. The summed E-state index contributed by atoms with van der Waals surface area (Å²) < 4.78 is 0. The van der Waals surface area contributed by atoms with E-state index in [2.05, 4.69) is 11.8 Å². The Labute approximate surface area is 172 Å². The molecule has 0 bridgehead atoms. The standard InChI is InChI=1S/C25H28O4/c1-24(2)12-18(26)22(19(27)13-24)17(11-10-16-8-6-5-7-9-16)23-20(28)14-25(3,4)15-21(23)29/h5-9,12,17,22,26,28H,13-15H2,1-4H3/t17-,22+/m1/s1. The highest BCUT2D eigenvalue weighted by molar-refractivity contribution is 6.00. The van der Waals surface area contributed by atoms with E-state index in [9.17, 15) is 19.8 Å². The Balaban J connectivity index is 2.12. The average molecular weight is 392 g/mol. The fourth-order valence-electron chi connectivity index (χ4n) is 4.28. The van der Waals surface area contributed by atoms with Crippen molar-refractivity contribution in [1.29, 1.82) is 0 Å². The molecule has 0 saturated heterocycles. The molecular formula is C25H28O4. The number of hydrogen-bond acceptors (Lipinski definition) is 4. The zero-order valence-electron chi connectivity index (χ0n) is 17.5. The predicted octanol–water partition coefficient (Wildman–Crippen LogP) is 4.91. The van der Waals surface area contributed by atoms with Crippen LogP contribution in [0.1, 0.15) is 52.5 Å². The molecule has 0 aromatic heterocycles. The van der Waals surface area contributed by atoms with E-state index in [0.29, 0.717) is 6.42 Å². The monoisotopic (exact) mass is 392 g/mol. The molecule has 0 saturated carbocycles. The Bertz CT molecular complexity index is 952. The number of benzene rings is 1. The van der Waals surface area contributed by atoms with Gasteiger partial charge in [-0.2, -0.15) is 0 Å². The van der Waals surface area contributed by atoms with Crippen LogP contribution in [-0.2, 0) is 9.59 Å². The first-order chi connectivity index (χ1) is 13.5. The van der Waals surface area contributed by atoms with Gasteiger partial charge in [0.15, 0.2) is 5.78 Å². The highest BCUT2D eigenvalue weighted by atomic mass is 16.3. The molecular weight excluding hydrogens is 364 g/mol. The molecule has 0 aliphatic heterocycles. The lowest BCUT2D eigenvalue weighted by molar-refractivity contribution is -0.126.